The Balaban J connectivity index is 5.45. The fourth-order valence-corrected chi connectivity index (χ4v) is 11.4. The number of hydrogen-bond acceptors (Lipinski definition) is 15. The number of esters is 4. The van der Waals surface area contributed by atoms with E-state index < -0.39 is 97.5 Å². The Morgan fingerprint density at radius 3 is 0.900 bits per heavy atom. The van der Waals surface area contributed by atoms with Crippen LogP contribution in [0.2, 0.25) is 0 Å². The van der Waals surface area contributed by atoms with Crippen molar-refractivity contribution in [3.63, 3.8) is 0 Å². The summed E-state index contributed by atoms with van der Waals surface area (Å²) in [4.78, 5) is 72.8. The molecule has 0 radical (unpaired) electrons. The van der Waals surface area contributed by atoms with E-state index in [9.17, 15) is 43.2 Å². The summed E-state index contributed by atoms with van der Waals surface area (Å²) in [7, 11) is -9.99. The smallest absolute Gasteiger partial charge is 0.462 e. The molecule has 5 atom stereocenters. The summed E-state index contributed by atoms with van der Waals surface area (Å²) in [5.74, 6) is -2.33. The number of allylic oxidation sites excluding steroid dienone is 22. The van der Waals surface area contributed by atoms with E-state index >= 15 is 0 Å². The molecule has 5 unspecified atom stereocenters. The first-order valence-corrected chi connectivity index (χ1v) is 41.4. The minimum Gasteiger partial charge on any atom is -0.462 e. The Morgan fingerprint density at radius 1 is 0.290 bits per heavy atom. The van der Waals surface area contributed by atoms with Gasteiger partial charge in [-0.15, -0.1) is 0 Å². The van der Waals surface area contributed by atoms with Gasteiger partial charge in [-0.3, -0.25) is 37.3 Å². The SMILES string of the molecule is CC/C=C\C/C=C\C/C=C\C/C=C\C/C=C\C/C=C\CCC(=O)OCC(COP(=O)(O)OCC(O)COP(=O)(O)OCC(COC(=O)CCCCCCC/C=C\CCCCCC)OC(=O)CCCCCCCCCCCCCCC)OC(=O)CCCC/C=C\C/C=C\C/C=C\C/C=C\CC. The molecular weight excluding hydrogens is 1310 g/mol. The van der Waals surface area contributed by atoms with Crippen molar-refractivity contribution in [1.82, 2.24) is 0 Å². The lowest BCUT2D eigenvalue weighted by Gasteiger charge is -2.21. The molecule has 0 rings (SSSR count). The zero-order valence-electron chi connectivity index (χ0n) is 62.3. The minimum absolute atomic E-state index is 0.0234. The number of unbranched alkanes of at least 4 members (excludes halogenated alkanes) is 23. The number of ether oxygens (including phenoxy) is 4. The molecule has 572 valence electrons. The van der Waals surface area contributed by atoms with Crippen LogP contribution in [0.25, 0.3) is 0 Å². The highest BCUT2D eigenvalue weighted by atomic mass is 31.2. The predicted molar refractivity (Wildman–Crippen MR) is 408 cm³/mol. The summed E-state index contributed by atoms with van der Waals surface area (Å²) in [6, 6.07) is 0. The molecule has 3 N–H and O–H groups in total. The van der Waals surface area contributed by atoms with Crippen molar-refractivity contribution < 1.29 is 80.2 Å². The van der Waals surface area contributed by atoms with Crippen LogP contribution < -0.4 is 0 Å². The molecule has 0 aliphatic rings. The first-order valence-electron chi connectivity index (χ1n) is 38.4. The highest BCUT2D eigenvalue weighted by Gasteiger charge is 2.30. The van der Waals surface area contributed by atoms with E-state index in [1.54, 1.807) is 0 Å². The number of aliphatic hydroxyl groups is 1. The third-order valence-corrected chi connectivity index (χ3v) is 17.5. The van der Waals surface area contributed by atoms with Crippen molar-refractivity contribution in [3.8, 4) is 0 Å². The van der Waals surface area contributed by atoms with Gasteiger partial charge in [0.05, 0.1) is 26.4 Å². The van der Waals surface area contributed by atoms with Gasteiger partial charge in [0.1, 0.15) is 19.3 Å². The highest BCUT2D eigenvalue weighted by molar-refractivity contribution is 7.47. The number of carbonyl (C=O) groups excluding carboxylic acids is 4. The zero-order valence-corrected chi connectivity index (χ0v) is 64.1. The standard InChI is InChI=1S/C81H136O17P2/c1-5-9-13-17-21-25-29-33-35-36-37-38-40-43-46-50-54-58-62-66-79(84)92-72-77(98-81(86)68-64-60-56-52-48-44-39-34-30-26-22-18-14-10-6-2)74-96-100(89,90)94-70-75(82)69-93-99(87,88)95-73-76(97-80(85)67-63-59-55-51-47-42-32-28-24-20-16-12-8-4)71-91-78(83)65-61-57-53-49-45-41-31-27-23-19-15-11-7-3/h9-10,13-14,21-22,25-27,31,33-35,37-39,43,46,48,52,54,58,75-77,82H,5-8,11-12,15-20,23-24,28-30,32,36,40-42,44-45,47,49-51,53,55-57,59-74H2,1-4H3,(H,87,88)(H,89,90)/b13-9-,14-10-,25-21-,26-22-,31-27-,35-33-,38-37-,39-34-,46-43-,52-48-,58-54-. The van der Waals surface area contributed by atoms with E-state index in [-0.39, 0.29) is 25.7 Å². The lowest BCUT2D eigenvalue weighted by Crippen LogP contribution is -2.30. The van der Waals surface area contributed by atoms with Gasteiger partial charge in [0.2, 0.25) is 0 Å². The maximum Gasteiger partial charge on any atom is 0.472 e. The molecule has 0 bridgehead atoms. The first kappa shape index (κ1) is 95.2. The summed E-state index contributed by atoms with van der Waals surface area (Å²) in [5.41, 5.74) is 0. The van der Waals surface area contributed by atoms with Crippen molar-refractivity contribution in [3.05, 3.63) is 134 Å². The van der Waals surface area contributed by atoms with Gasteiger partial charge in [0.15, 0.2) is 12.2 Å². The molecule has 0 aromatic rings. The molecule has 0 spiro atoms. The average molecular weight is 1440 g/mol. The highest BCUT2D eigenvalue weighted by Crippen LogP contribution is 2.45. The molecule has 0 heterocycles. The van der Waals surface area contributed by atoms with Crippen molar-refractivity contribution in [2.45, 2.75) is 316 Å². The Hall–Kier alpha value is -4.80. The molecule has 19 heteroatoms. The van der Waals surface area contributed by atoms with E-state index in [1.165, 1.54) is 77.0 Å². The van der Waals surface area contributed by atoms with Crippen LogP contribution in [0.3, 0.4) is 0 Å². The van der Waals surface area contributed by atoms with Gasteiger partial charge in [-0.2, -0.15) is 0 Å². The van der Waals surface area contributed by atoms with E-state index in [4.69, 9.17) is 37.0 Å². The van der Waals surface area contributed by atoms with E-state index in [0.717, 1.165) is 128 Å². The lowest BCUT2D eigenvalue weighted by molar-refractivity contribution is -0.161. The monoisotopic (exact) mass is 1440 g/mol. The van der Waals surface area contributed by atoms with Gasteiger partial charge in [0, 0.05) is 25.7 Å². The molecule has 17 nitrogen and oxygen atoms in total. The van der Waals surface area contributed by atoms with Crippen molar-refractivity contribution in [2.75, 3.05) is 39.6 Å². The van der Waals surface area contributed by atoms with Crippen LogP contribution in [-0.2, 0) is 65.4 Å². The van der Waals surface area contributed by atoms with Crippen molar-refractivity contribution >= 4 is 39.5 Å². The zero-order chi connectivity index (χ0) is 73.2. The predicted octanol–water partition coefficient (Wildman–Crippen LogP) is 22.1. The summed E-state index contributed by atoms with van der Waals surface area (Å²) in [6.07, 6.45) is 80.3. The third-order valence-electron chi connectivity index (χ3n) is 15.6. The summed E-state index contributed by atoms with van der Waals surface area (Å²) >= 11 is 0. The van der Waals surface area contributed by atoms with E-state index in [0.29, 0.717) is 38.5 Å². The second kappa shape index (κ2) is 72.5. The Labute approximate surface area is 605 Å². The molecule has 0 aromatic carbocycles. The third kappa shape index (κ3) is 71.6. The largest absolute Gasteiger partial charge is 0.472 e. The van der Waals surface area contributed by atoms with Gasteiger partial charge in [-0.1, -0.05) is 277 Å². The maximum absolute atomic E-state index is 13.1. The van der Waals surface area contributed by atoms with Gasteiger partial charge < -0.3 is 33.8 Å². The van der Waals surface area contributed by atoms with Crippen molar-refractivity contribution in [2.24, 2.45) is 0 Å². The van der Waals surface area contributed by atoms with Crippen molar-refractivity contribution in [1.29, 1.82) is 0 Å². The Bertz CT molecular complexity index is 2420. The number of phosphoric acid groups is 2. The maximum atomic E-state index is 13.1. The number of phosphoric ester groups is 2. The second-order valence-corrected chi connectivity index (χ2v) is 28.1. The molecule has 0 fully saturated rings. The molecule has 0 amide bonds. The first-order chi connectivity index (χ1) is 48.7. The molecule has 0 saturated heterocycles. The Morgan fingerprint density at radius 2 is 0.540 bits per heavy atom. The van der Waals surface area contributed by atoms with E-state index in [1.807, 2.05) is 18.2 Å². The van der Waals surface area contributed by atoms with Crippen LogP contribution in [0.1, 0.15) is 297 Å². The lowest BCUT2D eigenvalue weighted by atomic mass is 10.0. The molecular formula is C81H136O17P2. The van der Waals surface area contributed by atoms with Crippen LogP contribution in [-0.4, -0.2) is 96.7 Å². The molecule has 100 heavy (non-hydrogen) atoms. The van der Waals surface area contributed by atoms with Crippen LogP contribution in [0.4, 0.5) is 0 Å². The number of rotatable bonds is 71. The number of carbonyl (C=O) groups is 4. The average Bonchev–Trinajstić information content (AvgIpc) is 0.946. The second-order valence-electron chi connectivity index (χ2n) is 25.2. The number of aliphatic hydroxyl groups excluding tert-OH is 1. The number of hydrogen-bond donors (Lipinski definition) is 3. The van der Waals surface area contributed by atoms with Crippen LogP contribution in [0.15, 0.2) is 134 Å². The van der Waals surface area contributed by atoms with Gasteiger partial charge in [-0.25, -0.2) is 9.13 Å². The van der Waals surface area contributed by atoms with Crippen LogP contribution >= 0.6 is 15.6 Å². The minimum atomic E-state index is -5.00. The molecule has 0 saturated carbocycles. The van der Waals surface area contributed by atoms with Gasteiger partial charge >= 0.3 is 39.5 Å². The normalized spacial score (nSPS) is 14.7. The van der Waals surface area contributed by atoms with Gasteiger partial charge in [0.25, 0.3) is 0 Å². The fraction of sp³-hybridized carbons (Fsp3) is 0.679. The summed E-state index contributed by atoms with van der Waals surface area (Å²) < 4.78 is 68.3. The van der Waals surface area contributed by atoms with E-state index in [2.05, 4.69) is 143 Å². The van der Waals surface area contributed by atoms with Crippen LogP contribution in [0.5, 0.6) is 0 Å². The Kier molecular flexibility index (Phi) is 69.1. The summed E-state index contributed by atoms with van der Waals surface area (Å²) in [6.45, 7) is 4.49. The van der Waals surface area contributed by atoms with Gasteiger partial charge in [-0.05, 0) is 128 Å². The topological polar surface area (TPSA) is 237 Å². The molecule has 0 aliphatic heterocycles. The fourth-order valence-electron chi connectivity index (χ4n) is 9.82. The molecule has 0 aliphatic carbocycles. The quantitative estimate of drug-likeness (QED) is 0.0169. The summed E-state index contributed by atoms with van der Waals surface area (Å²) in [5, 5.41) is 10.6. The molecule has 0 aromatic heterocycles. The van der Waals surface area contributed by atoms with Crippen LogP contribution in [0, 0.1) is 0 Å².